The molecule has 0 bridgehead atoms. The molecule has 6 nitrogen and oxygen atoms in total. The normalized spacial score (nSPS) is 11.7. The van der Waals surface area contributed by atoms with Crippen molar-refractivity contribution in [3.63, 3.8) is 0 Å². The van der Waals surface area contributed by atoms with Gasteiger partial charge in [0.1, 0.15) is 0 Å². The van der Waals surface area contributed by atoms with Crippen molar-refractivity contribution in [2.75, 3.05) is 19.8 Å². The Hall–Kier alpha value is -2.34. The van der Waals surface area contributed by atoms with Crippen LogP contribution in [0.5, 0.6) is 0 Å². The predicted molar refractivity (Wildman–Crippen MR) is 97.5 cm³/mol. The summed E-state index contributed by atoms with van der Waals surface area (Å²) in [6.45, 7) is 8.81. The van der Waals surface area contributed by atoms with Gasteiger partial charge in [0.15, 0.2) is 5.96 Å². The van der Waals surface area contributed by atoms with E-state index in [1.165, 1.54) is 0 Å². The van der Waals surface area contributed by atoms with Crippen molar-refractivity contribution >= 4 is 5.96 Å². The second kappa shape index (κ2) is 9.08. The minimum atomic E-state index is 0.456. The number of nitrogens with one attached hydrogen (secondary N) is 1. The van der Waals surface area contributed by atoms with Gasteiger partial charge in [0.05, 0.1) is 17.9 Å². The van der Waals surface area contributed by atoms with Gasteiger partial charge in [-0.1, -0.05) is 18.2 Å². The lowest BCUT2D eigenvalue weighted by Crippen LogP contribution is -2.32. The van der Waals surface area contributed by atoms with Gasteiger partial charge in [-0.05, 0) is 39.3 Å². The Morgan fingerprint density at radius 2 is 2.04 bits per heavy atom. The molecule has 0 aliphatic rings. The molecular weight excluding hydrogens is 302 g/mol. The first-order valence-electron chi connectivity index (χ1n) is 8.35. The molecule has 0 saturated carbocycles. The van der Waals surface area contributed by atoms with Gasteiger partial charge in [-0.15, -0.1) is 0 Å². The first kappa shape index (κ1) is 18.0. The number of hydrogen-bond acceptors (Lipinski definition) is 3. The number of nitrogens with zero attached hydrogens (tertiary/aromatic N) is 3. The highest BCUT2D eigenvalue weighted by molar-refractivity contribution is 5.77. The summed E-state index contributed by atoms with van der Waals surface area (Å²) < 4.78 is 7.24. The maximum absolute atomic E-state index is 5.93. The van der Waals surface area contributed by atoms with Crippen LogP contribution in [0, 0.1) is 13.8 Å². The summed E-state index contributed by atoms with van der Waals surface area (Å²) in [6.07, 6.45) is 0.911. The van der Waals surface area contributed by atoms with Crippen LogP contribution < -0.4 is 11.1 Å². The molecule has 2 rings (SSSR count). The number of hydrogen-bond donors (Lipinski definition) is 2. The molecule has 0 radical (unpaired) electrons. The van der Waals surface area contributed by atoms with Crippen LogP contribution in [0.1, 0.15) is 30.3 Å². The largest absolute Gasteiger partial charge is 0.382 e. The van der Waals surface area contributed by atoms with Crippen molar-refractivity contribution in [2.45, 2.75) is 33.7 Å². The van der Waals surface area contributed by atoms with E-state index in [-0.39, 0.29) is 0 Å². The zero-order valence-corrected chi connectivity index (χ0v) is 14.7. The Kier molecular flexibility index (Phi) is 6.81. The number of nitrogens with two attached hydrogens (primary N) is 1. The second-order valence-corrected chi connectivity index (χ2v) is 5.58. The molecule has 3 N–H and O–H groups in total. The number of rotatable bonds is 8. The number of benzene rings is 1. The molecule has 130 valence electrons. The summed E-state index contributed by atoms with van der Waals surface area (Å²) in [4.78, 5) is 4.43. The van der Waals surface area contributed by atoms with E-state index in [0.717, 1.165) is 48.8 Å². The van der Waals surface area contributed by atoms with Crippen molar-refractivity contribution in [1.29, 1.82) is 0 Å². The van der Waals surface area contributed by atoms with Gasteiger partial charge in [-0.3, -0.25) is 0 Å². The maximum atomic E-state index is 5.93. The molecule has 0 fully saturated rings. The number of aliphatic imine (C=N–C) groups is 1. The number of aromatic nitrogens is 2. The third-order valence-electron chi connectivity index (χ3n) is 3.83. The van der Waals surface area contributed by atoms with Crippen LogP contribution in [-0.2, 0) is 11.3 Å². The smallest absolute Gasteiger partial charge is 0.188 e. The average Bonchev–Trinajstić information content (AvgIpc) is 2.88. The Bertz CT molecular complexity index is 664. The Morgan fingerprint density at radius 3 is 2.75 bits per heavy atom. The first-order valence-corrected chi connectivity index (χ1v) is 8.35. The quantitative estimate of drug-likeness (QED) is 0.443. The molecule has 1 heterocycles. The zero-order valence-electron chi connectivity index (χ0n) is 14.7. The summed E-state index contributed by atoms with van der Waals surface area (Å²) in [6, 6.07) is 10.1. The lowest BCUT2D eigenvalue weighted by Gasteiger charge is -2.06. The highest BCUT2D eigenvalue weighted by atomic mass is 16.5. The fourth-order valence-corrected chi connectivity index (χ4v) is 2.48. The van der Waals surface area contributed by atoms with E-state index in [4.69, 9.17) is 10.5 Å². The Morgan fingerprint density at radius 1 is 1.29 bits per heavy atom. The molecule has 0 atom stereocenters. The molecule has 24 heavy (non-hydrogen) atoms. The average molecular weight is 329 g/mol. The molecule has 0 aliphatic carbocycles. The van der Waals surface area contributed by atoms with Gasteiger partial charge >= 0.3 is 0 Å². The molecule has 0 amide bonds. The fraction of sp³-hybridized carbons (Fsp3) is 0.444. The van der Waals surface area contributed by atoms with Crippen LogP contribution in [0.4, 0.5) is 0 Å². The van der Waals surface area contributed by atoms with Crippen LogP contribution >= 0.6 is 0 Å². The summed E-state index contributed by atoms with van der Waals surface area (Å²) in [5.74, 6) is 0.456. The minimum absolute atomic E-state index is 0.456. The summed E-state index contributed by atoms with van der Waals surface area (Å²) >= 11 is 0. The second-order valence-electron chi connectivity index (χ2n) is 5.58. The molecular formula is C18H27N5O. The van der Waals surface area contributed by atoms with Gasteiger partial charge in [0, 0.05) is 31.0 Å². The zero-order chi connectivity index (χ0) is 17.4. The van der Waals surface area contributed by atoms with Crippen LogP contribution in [0.15, 0.2) is 35.3 Å². The first-order chi connectivity index (χ1) is 11.6. The van der Waals surface area contributed by atoms with Gasteiger partial charge in [-0.25, -0.2) is 9.67 Å². The van der Waals surface area contributed by atoms with Gasteiger partial charge in [-0.2, -0.15) is 5.10 Å². The third kappa shape index (κ3) is 4.83. The van der Waals surface area contributed by atoms with Gasteiger partial charge < -0.3 is 15.8 Å². The molecule has 1 aromatic carbocycles. The summed E-state index contributed by atoms with van der Waals surface area (Å²) in [7, 11) is 0. The van der Waals surface area contributed by atoms with Crippen molar-refractivity contribution in [3.8, 4) is 5.69 Å². The molecule has 1 aromatic heterocycles. The van der Waals surface area contributed by atoms with Crippen LogP contribution in [0.3, 0.4) is 0 Å². The molecule has 0 unspecified atom stereocenters. The van der Waals surface area contributed by atoms with Crippen molar-refractivity contribution in [2.24, 2.45) is 10.7 Å². The van der Waals surface area contributed by atoms with E-state index in [9.17, 15) is 0 Å². The monoisotopic (exact) mass is 329 g/mol. The van der Waals surface area contributed by atoms with E-state index < -0.39 is 0 Å². The van der Waals surface area contributed by atoms with E-state index >= 15 is 0 Å². The maximum Gasteiger partial charge on any atom is 0.188 e. The van der Waals surface area contributed by atoms with Gasteiger partial charge in [0.25, 0.3) is 0 Å². The Labute approximate surface area is 143 Å². The van der Waals surface area contributed by atoms with Crippen LogP contribution in [0.25, 0.3) is 5.69 Å². The highest BCUT2D eigenvalue weighted by Crippen LogP contribution is 2.18. The van der Waals surface area contributed by atoms with Gasteiger partial charge in [0.2, 0.25) is 0 Å². The SMILES string of the molecule is CCOCCCNC(N)=NCc1c(C)nn(-c2ccccc2)c1C. The molecule has 0 aliphatic heterocycles. The Balaban J connectivity index is 1.98. The highest BCUT2D eigenvalue weighted by Gasteiger charge is 2.12. The van der Waals surface area contributed by atoms with E-state index in [0.29, 0.717) is 12.5 Å². The minimum Gasteiger partial charge on any atom is -0.382 e. The molecule has 2 aromatic rings. The van der Waals surface area contributed by atoms with Crippen molar-refractivity contribution < 1.29 is 4.74 Å². The predicted octanol–water partition coefficient (Wildman–Crippen LogP) is 2.32. The van der Waals surface area contributed by atoms with Crippen molar-refractivity contribution in [3.05, 3.63) is 47.3 Å². The lowest BCUT2D eigenvalue weighted by atomic mass is 10.2. The molecule has 0 spiro atoms. The van der Waals surface area contributed by atoms with E-state index in [2.05, 4.69) is 22.3 Å². The molecule has 0 saturated heterocycles. The van der Waals surface area contributed by atoms with Crippen LogP contribution in [0.2, 0.25) is 0 Å². The topological polar surface area (TPSA) is 77.5 Å². The summed E-state index contributed by atoms with van der Waals surface area (Å²) in [5.41, 5.74) is 10.2. The fourth-order valence-electron chi connectivity index (χ4n) is 2.48. The van der Waals surface area contributed by atoms with Crippen molar-refractivity contribution in [1.82, 2.24) is 15.1 Å². The van der Waals surface area contributed by atoms with Crippen LogP contribution in [-0.4, -0.2) is 35.5 Å². The lowest BCUT2D eigenvalue weighted by molar-refractivity contribution is 0.145. The third-order valence-corrected chi connectivity index (χ3v) is 3.83. The van der Waals surface area contributed by atoms with E-state index in [1.54, 1.807) is 0 Å². The molecule has 6 heteroatoms. The summed E-state index contributed by atoms with van der Waals surface area (Å²) in [5, 5.41) is 7.73. The number of para-hydroxylation sites is 1. The number of guanidine groups is 1. The van der Waals surface area contributed by atoms with E-state index in [1.807, 2.05) is 48.9 Å². The number of aryl methyl sites for hydroxylation is 1. The standard InChI is InChI=1S/C18H27N5O/c1-4-24-12-8-11-20-18(19)21-13-17-14(2)22-23(15(17)3)16-9-6-5-7-10-16/h5-7,9-10H,4,8,11-13H2,1-3H3,(H3,19,20,21). The number of ether oxygens (including phenoxy) is 1.